The molecule has 1 atom stereocenters. The normalized spacial score (nSPS) is 12.7. The molecule has 7 heteroatoms. The molecule has 2 rings (SSSR count). The minimum atomic E-state index is -0.584. The molecule has 0 aliphatic heterocycles. The van der Waals surface area contributed by atoms with Crippen molar-refractivity contribution in [1.82, 2.24) is 10.6 Å². The Balaban J connectivity index is 2.10. The largest absolute Gasteiger partial charge is 0.493 e. The van der Waals surface area contributed by atoms with Crippen molar-refractivity contribution < 1.29 is 23.5 Å². The van der Waals surface area contributed by atoms with E-state index in [1.807, 2.05) is 32.9 Å². The van der Waals surface area contributed by atoms with Crippen LogP contribution in [0.25, 0.3) is 11.0 Å². The molecule has 0 aliphatic rings. The van der Waals surface area contributed by atoms with Crippen LogP contribution in [-0.4, -0.2) is 37.3 Å². The minimum Gasteiger partial charge on any atom is -0.493 e. The molecule has 7 nitrogen and oxygen atoms in total. The Morgan fingerprint density at radius 2 is 1.89 bits per heavy atom. The number of amides is 2. The number of fused-ring (bicyclic) bond motifs is 1. The third-order valence-corrected chi connectivity index (χ3v) is 4.34. The molecule has 28 heavy (non-hydrogen) atoms. The van der Waals surface area contributed by atoms with Gasteiger partial charge in [0.05, 0.1) is 13.2 Å². The van der Waals surface area contributed by atoms with E-state index in [0.717, 1.165) is 10.9 Å². The Hall–Kier alpha value is -2.70. The van der Waals surface area contributed by atoms with Gasteiger partial charge in [0.1, 0.15) is 5.60 Å². The summed E-state index contributed by atoms with van der Waals surface area (Å²) in [6, 6.07) is 5.24. The fourth-order valence-corrected chi connectivity index (χ4v) is 2.79. The number of methoxy groups -OCH3 is 1. The molecule has 0 aliphatic carbocycles. The molecule has 154 valence electrons. The Morgan fingerprint density at radius 3 is 2.46 bits per heavy atom. The molecule has 0 saturated heterocycles. The van der Waals surface area contributed by atoms with Crippen molar-refractivity contribution in [3.63, 3.8) is 0 Å². The summed E-state index contributed by atoms with van der Waals surface area (Å²) in [5, 5.41) is 6.49. The van der Waals surface area contributed by atoms with E-state index in [2.05, 4.69) is 10.6 Å². The van der Waals surface area contributed by atoms with Crippen LogP contribution < -0.4 is 15.4 Å². The molecule has 2 aromatic rings. The standard InChI is InChI=1S/C21H30N2O5/c1-12(2)15(23-20(25)28-21(4,5)6)11-22-19(24)17-13(3)14-9-8-10-16(26-7)18(14)27-17/h8-10,12,15H,11H2,1-7H3,(H,22,24)(H,23,25). The summed E-state index contributed by atoms with van der Waals surface area (Å²) in [6.07, 6.45) is -0.509. The van der Waals surface area contributed by atoms with Crippen molar-refractivity contribution in [3.05, 3.63) is 29.5 Å². The van der Waals surface area contributed by atoms with Crippen LogP contribution in [0.2, 0.25) is 0 Å². The van der Waals surface area contributed by atoms with Crippen LogP contribution in [0.1, 0.15) is 50.7 Å². The number of rotatable bonds is 6. The lowest BCUT2D eigenvalue weighted by Crippen LogP contribution is -2.48. The van der Waals surface area contributed by atoms with E-state index < -0.39 is 11.7 Å². The number of carbonyl (C=O) groups is 2. The Labute approximate surface area is 165 Å². The molecule has 1 aromatic heterocycles. The van der Waals surface area contributed by atoms with Gasteiger partial charge in [0.2, 0.25) is 0 Å². The van der Waals surface area contributed by atoms with Crippen LogP contribution in [-0.2, 0) is 4.74 Å². The fraction of sp³-hybridized carbons (Fsp3) is 0.524. The van der Waals surface area contributed by atoms with Crippen molar-refractivity contribution in [2.24, 2.45) is 5.92 Å². The molecule has 1 heterocycles. The van der Waals surface area contributed by atoms with Gasteiger partial charge in [0.15, 0.2) is 17.1 Å². The topological polar surface area (TPSA) is 89.8 Å². The zero-order chi connectivity index (χ0) is 21.1. The third kappa shape index (κ3) is 5.18. The predicted octanol–water partition coefficient (Wildman–Crippen LogP) is 4.03. The average molecular weight is 390 g/mol. The number of nitrogens with one attached hydrogen (secondary N) is 2. The lowest BCUT2D eigenvalue weighted by Gasteiger charge is -2.25. The van der Waals surface area contributed by atoms with Crippen LogP contribution in [0.3, 0.4) is 0 Å². The zero-order valence-electron chi connectivity index (χ0n) is 17.6. The number of hydrogen-bond donors (Lipinski definition) is 2. The summed E-state index contributed by atoms with van der Waals surface area (Å²) >= 11 is 0. The maximum Gasteiger partial charge on any atom is 0.407 e. The number of para-hydroxylation sites is 1. The van der Waals surface area contributed by atoms with E-state index in [0.29, 0.717) is 11.3 Å². The highest BCUT2D eigenvalue weighted by molar-refractivity contribution is 6.00. The quantitative estimate of drug-likeness (QED) is 0.777. The maximum absolute atomic E-state index is 12.7. The number of furan rings is 1. The summed E-state index contributed by atoms with van der Waals surface area (Å²) in [5.74, 6) is 0.572. The van der Waals surface area contributed by atoms with E-state index >= 15 is 0 Å². The van der Waals surface area contributed by atoms with Gasteiger partial charge in [-0.05, 0) is 39.7 Å². The molecule has 0 saturated carbocycles. The summed E-state index contributed by atoms with van der Waals surface area (Å²) in [4.78, 5) is 24.7. The van der Waals surface area contributed by atoms with Gasteiger partial charge < -0.3 is 24.5 Å². The van der Waals surface area contributed by atoms with Gasteiger partial charge in [-0.25, -0.2) is 4.79 Å². The average Bonchev–Trinajstić information content (AvgIpc) is 2.93. The Morgan fingerprint density at radius 1 is 1.21 bits per heavy atom. The lowest BCUT2D eigenvalue weighted by molar-refractivity contribution is 0.0487. The van der Waals surface area contributed by atoms with E-state index in [-0.39, 0.29) is 30.2 Å². The van der Waals surface area contributed by atoms with E-state index in [4.69, 9.17) is 13.9 Å². The molecular weight excluding hydrogens is 360 g/mol. The molecular formula is C21H30N2O5. The highest BCUT2D eigenvalue weighted by Gasteiger charge is 2.24. The van der Waals surface area contributed by atoms with Crippen LogP contribution in [0.5, 0.6) is 5.75 Å². The van der Waals surface area contributed by atoms with Gasteiger partial charge in [-0.2, -0.15) is 0 Å². The summed E-state index contributed by atoms with van der Waals surface area (Å²) in [6.45, 7) is 11.4. The molecule has 1 unspecified atom stereocenters. The number of benzene rings is 1. The fourth-order valence-electron chi connectivity index (χ4n) is 2.79. The Bertz CT molecular complexity index is 848. The number of aryl methyl sites for hydroxylation is 1. The van der Waals surface area contributed by atoms with Gasteiger partial charge >= 0.3 is 6.09 Å². The molecule has 2 N–H and O–H groups in total. The van der Waals surface area contributed by atoms with Crippen LogP contribution >= 0.6 is 0 Å². The van der Waals surface area contributed by atoms with Gasteiger partial charge in [0.25, 0.3) is 5.91 Å². The maximum atomic E-state index is 12.7. The number of carbonyl (C=O) groups excluding carboxylic acids is 2. The molecule has 0 spiro atoms. The highest BCUT2D eigenvalue weighted by Crippen LogP contribution is 2.32. The zero-order valence-corrected chi connectivity index (χ0v) is 17.6. The van der Waals surface area contributed by atoms with Gasteiger partial charge in [-0.15, -0.1) is 0 Å². The third-order valence-electron chi connectivity index (χ3n) is 4.34. The predicted molar refractivity (Wildman–Crippen MR) is 108 cm³/mol. The van der Waals surface area contributed by atoms with Crippen molar-refractivity contribution in [3.8, 4) is 5.75 Å². The van der Waals surface area contributed by atoms with Crippen molar-refractivity contribution in [2.75, 3.05) is 13.7 Å². The lowest BCUT2D eigenvalue weighted by atomic mass is 10.0. The minimum absolute atomic E-state index is 0.102. The second-order valence-corrected chi connectivity index (χ2v) is 8.10. The number of ether oxygens (including phenoxy) is 2. The molecule has 1 aromatic carbocycles. The van der Waals surface area contributed by atoms with Crippen molar-refractivity contribution >= 4 is 23.0 Å². The second-order valence-electron chi connectivity index (χ2n) is 8.10. The first-order valence-electron chi connectivity index (χ1n) is 9.37. The SMILES string of the molecule is COc1cccc2c(C)c(C(=O)NCC(NC(=O)OC(C)(C)C)C(C)C)oc12. The van der Waals surface area contributed by atoms with E-state index in [1.165, 1.54) is 0 Å². The summed E-state index contributed by atoms with van der Waals surface area (Å²) in [5.41, 5.74) is 0.701. The van der Waals surface area contributed by atoms with Gasteiger partial charge in [-0.1, -0.05) is 26.0 Å². The van der Waals surface area contributed by atoms with Gasteiger partial charge in [0, 0.05) is 17.5 Å². The number of alkyl carbamates (subject to hydrolysis) is 1. The monoisotopic (exact) mass is 390 g/mol. The molecule has 0 bridgehead atoms. The van der Waals surface area contributed by atoms with Crippen molar-refractivity contribution in [1.29, 1.82) is 0 Å². The summed E-state index contributed by atoms with van der Waals surface area (Å²) < 4.78 is 16.4. The van der Waals surface area contributed by atoms with E-state index in [1.54, 1.807) is 33.9 Å². The second kappa shape index (κ2) is 8.54. The molecule has 2 amide bonds. The Kier molecular flexibility index (Phi) is 6.59. The first kappa shape index (κ1) is 21.6. The smallest absolute Gasteiger partial charge is 0.407 e. The molecule has 0 fully saturated rings. The van der Waals surface area contributed by atoms with Gasteiger partial charge in [-0.3, -0.25) is 4.79 Å². The van der Waals surface area contributed by atoms with Crippen LogP contribution in [0.4, 0.5) is 4.79 Å². The first-order chi connectivity index (χ1) is 13.0. The highest BCUT2D eigenvalue weighted by atomic mass is 16.6. The van der Waals surface area contributed by atoms with Crippen LogP contribution in [0, 0.1) is 12.8 Å². The van der Waals surface area contributed by atoms with E-state index in [9.17, 15) is 9.59 Å². The van der Waals surface area contributed by atoms with Crippen LogP contribution in [0.15, 0.2) is 22.6 Å². The summed E-state index contributed by atoms with van der Waals surface area (Å²) in [7, 11) is 1.56. The molecule has 0 radical (unpaired) electrons. The number of hydrogen-bond acceptors (Lipinski definition) is 5. The van der Waals surface area contributed by atoms with Crippen molar-refractivity contribution in [2.45, 2.75) is 53.2 Å². The first-order valence-corrected chi connectivity index (χ1v) is 9.37.